The van der Waals surface area contributed by atoms with Crippen LogP contribution in [-0.2, 0) is 4.79 Å². The number of rotatable bonds is 3. The maximum absolute atomic E-state index is 12.1. The molecule has 2 rings (SSSR count). The molecule has 1 aliphatic heterocycles. The number of carbonyl (C=O) groups excluding carboxylic acids is 1. The maximum Gasteiger partial charge on any atom is 0.316 e. The molecular formula is C14H20ClN3O2. The van der Waals surface area contributed by atoms with Gasteiger partial charge >= 0.3 is 6.01 Å². The van der Waals surface area contributed by atoms with Gasteiger partial charge in [-0.15, -0.1) is 0 Å². The van der Waals surface area contributed by atoms with Crippen molar-refractivity contribution in [3.8, 4) is 6.01 Å². The average molecular weight is 298 g/mol. The van der Waals surface area contributed by atoms with Gasteiger partial charge in [0.1, 0.15) is 6.10 Å². The summed E-state index contributed by atoms with van der Waals surface area (Å²) in [6.07, 6.45) is 4.32. The van der Waals surface area contributed by atoms with Crippen molar-refractivity contribution in [2.24, 2.45) is 5.41 Å². The third-order valence-electron chi connectivity index (χ3n) is 3.05. The molecule has 6 heteroatoms. The zero-order valence-electron chi connectivity index (χ0n) is 12.1. The van der Waals surface area contributed by atoms with Gasteiger partial charge in [-0.05, 0) is 5.41 Å². The fraction of sp³-hybridized carbons (Fsp3) is 0.643. The summed E-state index contributed by atoms with van der Waals surface area (Å²) in [7, 11) is 0. The summed E-state index contributed by atoms with van der Waals surface area (Å²) in [5.41, 5.74) is 0.00924. The van der Waals surface area contributed by atoms with Gasteiger partial charge in [0, 0.05) is 19.4 Å². The number of nitrogens with zero attached hydrogens (tertiary/aromatic N) is 3. The molecule has 0 radical (unpaired) electrons. The number of aromatic nitrogens is 2. The lowest BCUT2D eigenvalue weighted by atomic mass is 9.92. The molecule has 0 spiro atoms. The number of amides is 1. The standard InChI is InChI=1S/C14H20ClN3O2/c1-14(2,3)6-12(19)18-5-4-11(9-18)20-13-16-7-10(15)8-17-13/h7-8,11H,4-6,9H2,1-3H3/t11-/m0/s1. The van der Waals surface area contributed by atoms with Crippen molar-refractivity contribution in [1.29, 1.82) is 0 Å². The fourth-order valence-corrected chi connectivity index (χ4v) is 2.22. The van der Waals surface area contributed by atoms with Crippen molar-refractivity contribution in [2.45, 2.75) is 39.7 Å². The van der Waals surface area contributed by atoms with Gasteiger partial charge in [0.15, 0.2) is 0 Å². The highest BCUT2D eigenvalue weighted by atomic mass is 35.5. The Morgan fingerprint density at radius 3 is 2.70 bits per heavy atom. The lowest BCUT2D eigenvalue weighted by Gasteiger charge is -2.22. The molecule has 0 saturated carbocycles. The molecule has 5 nitrogen and oxygen atoms in total. The minimum absolute atomic E-state index is 0.00924. The van der Waals surface area contributed by atoms with Crippen LogP contribution in [0.4, 0.5) is 0 Å². The minimum atomic E-state index is -0.0416. The van der Waals surface area contributed by atoms with E-state index < -0.39 is 0 Å². The van der Waals surface area contributed by atoms with Crippen molar-refractivity contribution in [3.05, 3.63) is 17.4 Å². The molecule has 1 aromatic heterocycles. The normalized spacial score (nSPS) is 19.2. The van der Waals surface area contributed by atoms with Crippen molar-refractivity contribution in [3.63, 3.8) is 0 Å². The first kappa shape index (κ1) is 15.0. The molecule has 0 bridgehead atoms. The predicted octanol–water partition coefficient (Wildman–Crippen LogP) is 2.55. The van der Waals surface area contributed by atoms with Gasteiger partial charge in [-0.2, -0.15) is 0 Å². The lowest BCUT2D eigenvalue weighted by molar-refractivity contribution is -0.132. The first-order chi connectivity index (χ1) is 9.33. The number of carbonyl (C=O) groups is 1. The molecule has 1 aliphatic rings. The minimum Gasteiger partial charge on any atom is -0.458 e. The van der Waals surface area contributed by atoms with E-state index in [0.29, 0.717) is 24.0 Å². The third kappa shape index (κ3) is 4.34. The van der Waals surface area contributed by atoms with Gasteiger partial charge in [0.05, 0.1) is 24.0 Å². The summed E-state index contributed by atoms with van der Waals surface area (Å²) >= 11 is 5.72. The van der Waals surface area contributed by atoms with Crippen LogP contribution < -0.4 is 4.74 Å². The van der Waals surface area contributed by atoms with E-state index in [-0.39, 0.29) is 17.4 Å². The van der Waals surface area contributed by atoms with Gasteiger partial charge in [0.2, 0.25) is 5.91 Å². The van der Waals surface area contributed by atoms with Crippen LogP contribution in [0.2, 0.25) is 5.02 Å². The highest BCUT2D eigenvalue weighted by Crippen LogP contribution is 2.23. The number of halogens is 1. The second-order valence-corrected chi connectivity index (χ2v) is 6.73. The lowest BCUT2D eigenvalue weighted by Crippen LogP contribution is -2.33. The van der Waals surface area contributed by atoms with Crippen LogP contribution in [0.25, 0.3) is 0 Å². The van der Waals surface area contributed by atoms with Crippen LogP contribution in [0.1, 0.15) is 33.6 Å². The van der Waals surface area contributed by atoms with E-state index in [1.54, 1.807) is 0 Å². The van der Waals surface area contributed by atoms with Crippen LogP contribution >= 0.6 is 11.6 Å². The number of likely N-dealkylation sites (tertiary alicyclic amines) is 1. The molecule has 1 amide bonds. The molecule has 0 aliphatic carbocycles. The first-order valence-electron chi connectivity index (χ1n) is 6.75. The van der Waals surface area contributed by atoms with E-state index in [4.69, 9.17) is 16.3 Å². The molecule has 20 heavy (non-hydrogen) atoms. The molecule has 1 atom stereocenters. The second-order valence-electron chi connectivity index (χ2n) is 6.29. The monoisotopic (exact) mass is 297 g/mol. The molecule has 110 valence electrons. The van der Waals surface area contributed by atoms with Gasteiger partial charge in [-0.3, -0.25) is 4.79 Å². The summed E-state index contributed by atoms with van der Waals surface area (Å²) in [4.78, 5) is 22.0. The highest BCUT2D eigenvalue weighted by Gasteiger charge is 2.30. The molecular weight excluding hydrogens is 278 g/mol. The van der Waals surface area contributed by atoms with Crippen LogP contribution in [-0.4, -0.2) is 40.0 Å². The number of ether oxygens (including phenoxy) is 1. The van der Waals surface area contributed by atoms with Crippen LogP contribution in [0.5, 0.6) is 6.01 Å². The number of hydrogen-bond acceptors (Lipinski definition) is 4. The molecule has 0 aromatic carbocycles. The summed E-state index contributed by atoms with van der Waals surface area (Å²) in [5, 5.41) is 0.478. The Morgan fingerprint density at radius 2 is 2.10 bits per heavy atom. The van der Waals surface area contributed by atoms with Crippen molar-refractivity contribution in [2.75, 3.05) is 13.1 Å². The van der Waals surface area contributed by atoms with Crippen molar-refractivity contribution < 1.29 is 9.53 Å². The first-order valence-corrected chi connectivity index (χ1v) is 7.13. The Morgan fingerprint density at radius 1 is 1.45 bits per heavy atom. The van der Waals surface area contributed by atoms with Gasteiger partial charge in [0.25, 0.3) is 0 Å². The smallest absolute Gasteiger partial charge is 0.316 e. The quantitative estimate of drug-likeness (QED) is 0.860. The largest absolute Gasteiger partial charge is 0.458 e. The highest BCUT2D eigenvalue weighted by molar-refractivity contribution is 6.30. The summed E-state index contributed by atoms with van der Waals surface area (Å²) < 4.78 is 5.67. The predicted molar refractivity (Wildman–Crippen MR) is 76.7 cm³/mol. The van der Waals surface area contributed by atoms with Gasteiger partial charge in [-0.1, -0.05) is 32.4 Å². The van der Waals surface area contributed by atoms with E-state index >= 15 is 0 Å². The van der Waals surface area contributed by atoms with E-state index in [2.05, 4.69) is 30.7 Å². The molecule has 2 heterocycles. The molecule has 1 aromatic rings. The average Bonchev–Trinajstić information content (AvgIpc) is 2.79. The zero-order valence-corrected chi connectivity index (χ0v) is 12.9. The summed E-state index contributed by atoms with van der Waals surface area (Å²) in [6, 6.07) is 0.310. The number of hydrogen-bond donors (Lipinski definition) is 0. The van der Waals surface area contributed by atoms with Gasteiger partial charge < -0.3 is 9.64 Å². The van der Waals surface area contributed by atoms with Crippen LogP contribution in [0.15, 0.2) is 12.4 Å². The molecule has 0 unspecified atom stereocenters. The Hall–Kier alpha value is -1.36. The van der Waals surface area contributed by atoms with E-state index in [1.807, 2.05) is 4.90 Å². The maximum atomic E-state index is 12.1. The van der Waals surface area contributed by atoms with E-state index in [1.165, 1.54) is 12.4 Å². The second kappa shape index (κ2) is 5.95. The summed E-state index contributed by atoms with van der Waals surface area (Å²) in [6.45, 7) is 7.53. The fourth-order valence-electron chi connectivity index (χ4n) is 2.13. The molecule has 1 fully saturated rings. The van der Waals surface area contributed by atoms with Crippen LogP contribution in [0.3, 0.4) is 0 Å². The van der Waals surface area contributed by atoms with Gasteiger partial charge in [-0.25, -0.2) is 9.97 Å². The third-order valence-corrected chi connectivity index (χ3v) is 3.24. The SMILES string of the molecule is CC(C)(C)CC(=O)N1CC[C@H](Oc2ncc(Cl)cn2)C1. The molecule has 1 saturated heterocycles. The van der Waals surface area contributed by atoms with Crippen molar-refractivity contribution >= 4 is 17.5 Å². The Balaban J connectivity index is 1.86. The topological polar surface area (TPSA) is 55.3 Å². The Labute approximate surface area is 124 Å². The summed E-state index contributed by atoms with van der Waals surface area (Å²) in [5.74, 6) is 0.181. The Bertz CT molecular complexity index is 470. The van der Waals surface area contributed by atoms with Crippen molar-refractivity contribution in [1.82, 2.24) is 14.9 Å². The van der Waals surface area contributed by atoms with Crippen LogP contribution in [0, 0.1) is 5.41 Å². The Kier molecular flexibility index (Phi) is 4.48. The molecule has 0 N–H and O–H groups in total. The van der Waals surface area contributed by atoms with E-state index in [9.17, 15) is 4.79 Å². The van der Waals surface area contributed by atoms with E-state index in [0.717, 1.165) is 13.0 Å². The zero-order chi connectivity index (χ0) is 14.8.